The van der Waals surface area contributed by atoms with Crippen molar-refractivity contribution in [2.75, 3.05) is 0 Å². The topological polar surface area (TPSA) is 38.7 Å². The summed E-state index contributed by atoms with van der Waals surface area (Å²) in [7, 11) is 0. The third kappa shape index (κ3) is 2.10. The Morgan fingerprint density at radius 2 is 1.90 bits per heavy atom. The van der Waals surface area contributed by atoms with Crippen molar-refractivity contribution in [3.05, 3.63) is 35.4 Å². The number of nitrogens with zero attached hydrogens (tertiary/aromatic N) is 1. The minimum absolute atomic E-state index is 0.0746. The van der Waals surface area contributed by atoms with Crippen molar-refractivity contribution in [2.24, 2.45) is 21.9 Å². The standard InChI is InChI=1S/C18H23NO2/c1-12-5-7-13(8-6-12)16(20)21-19-15-11-14-9-10-18(15,4)17(14,2)3/h5-8,14H,9-11H2,1-4H3/b19-15+/t14-,18-/m1/s1. The lowest BCUT2D eigenvalue weighted by atomic mass is 9.70. The Morgan fingerprint density at radius 1 is 1.24 bits per heavy atom. The van der Waals surface area contributed by atoms with Crippen molar-refractivity contribution in [3.8, 4) is 0 Å². The highest BCUT2D eigenvalue weighted by molar-refractivity contribution is 5.95. The Balaban J connectivity index is 1.76. The number of hydrogen-bond acceptors (Lipinski definition) is 3. The van der Waals surface area contributed by atoms with Crippen LogP contribution in [-0.2, 0) is 4.84 Å². The maximum atomic E-state index is 12.1. The molecule has 0 amide bonds. The second-order valence-electron chi connectivity index (χ2n) is 7.28. The van der Waals surface area contributed by atoms with Gasteiger partial charge in [0.15, 0.2) is 0 Å². The Labute approximate surface area is 126 Å². The van der Waals surface area contributed by atoms with E-state index >= 15 is 0 Å². The van der Waals surface area contributed by atoms with E-state index in [9.17, 15) is 4.79 Å². The summed E-state index contributed by atoms with van der Waals surface area (Å²) in [4.78, 5) is 17.3. The second kappa shape index (κ2) is 4.69. The molecule has 1 aromatic rings. The maximum absolute atomic E-state index is 12.1. The van der Waals surface area contributed by atoms with E-state index in [1.807, 2.05) is 19.1 Å². The molecule has 0 aliphatic heterocycles. The number of benzene rings is 1. The van der Waals surface area contributed by atoms with Crippen molar-refractivity contribution in [2.45, 2.75) is 47.0 Å². The summed E-state index contributed by atoms with van der Waals surface area (Å²) in [5, 5.41) is 4.24. The molecule has 0 radical (unpaired) electrons. The summed E-state index contributed by atoms with van der Waals surface area (Å²) in [6, 6.07) is 7.38. The minimum Gasteiger partial charge on any atom is -0.313 e. The smallest absolute Gasteiger partial charge is 0.313 e. The number of oxime groups is 1. The molecule has 2 bridgehead atoms. The first-order chi connectivity index (χ1) is 9.84. The lowest BCUT2D eigenvalue weighted by molar-refractivity contribution is 0.0508. The van der Waals surface area contributed by atoms with E-state index in [2.05, 4.69) is 25.9 Å². The predicted octanol–water partition coefficient (Wildman–Crippen LogP) is 4.35. The molecule has 2 aliphatic rings. The van der Waals surface area contributed by atoms with Gasteiger partial charge in [-0.05, 0) is 49.7 Å². The van der Waals surface area contributed by atoms with Crippen LogP contribution in [0.5, 0.6) is 0 Å². The number of carbonyl (C=O) groups excluding carboxylic acids is 1. The maximum Gasteiger partial charge on any atom is 0.365 e. The highest BCUT2D eigenvalue weighted by atomic mass is 16.7. The molecular formula is C18H23NO2. The van der Waals surface area contributed by atoms with E-state index < -0.39 is 0 Å². The highest BCUT2D eigenvalue weighted by Crippen LogP contribution is 2.63. The van der Waals surface area contributed by atoms with Gasteiger partial charge in [0.1, 0.15) is 0 Å². The molecule has 0 aromatic heterocycles. The van der Waals surface area contributed by atoms with E-state index in [1.54, 1.807) is 12.1 Å². The van der Waals surface area contributed by atoms with Crippen LogP contribution in [0.1, 0.15) is 56.0 Å². The molecule has 0 saturated heterocycles. The zero-order chi connectivity index (χ0) is 15.3. The molecule has 3 heteroatoms. The summed E-state index contributed by atoms with van der Waals surface area (Å²) in [5.41, 5.74) is 3.06. The summed E-state index contributed by atoms with van der Waals surface area (Å²) >= 11 is 0. The van der Waals surface area contributed by atoms with Gasteiger partial charge in [-0.3, -0.25) is 0 Å². The fourth-order valence-corrected chi connectivity index (χ4v) is 3.91. The number of carbonyl (C=O) groups is 1. The molecule has 2 saturated carbocycles. The number of hydrogen-bond donors (Lipinski definition) is 0. The molecular weight excluding hydrogens is 262 g/mol. The Hall–Kier alpha value is -1.64. The van der Waals surface area contributed by atoms with Crippen LogP contribution in [0, 0.1) is 23.7 Å². The quantitative estimate of drug-likeness (QED) is 0.598. The summed E-state index contributed by atoms with van der Waals surface area (Å²) in [6.45, 7) is 8.88. The van der Waals surface area contributed by atoms with Gasteiger partial charge in [0.25, 0.3) is 0 Å². The van der Waals surface area contributed by atoms with E-state index in [0.29, 0.717) is 11.5 Å². The lowest BCUT2D eigenvalue weighted by Crippen LogP contribution is -2.32. The van der Waals surface area contributed by atoms with Crippen LogP contribution in [0.4, 0.5) is 0 Å². The van der Waals surface area contributed by atoms with Crippen LogP contribution in [0.15, 0.2) is 29.4 Å². The first kappa shape index (κ1) is 14.3. The van der Waals surface area contributed by atoms with E-state index in [-0.39, 0.29) is 16.8 Å². The van der Waals surface area contributed by atoms with Crippen LogP contribution in [0.2, 0.25) is 0 Å². The molecule has 0 N–H and O–H groups in total. The Bertz CT molecular complexity index is 600. The average molecular weight is 285 g/mol. The molecule has 112 valence electrons. The van der Waals surface area contributed by atoms with E-state index in [1.165, 1.54) is 6.42 Å². The number of aryl methyl sites for hydroxylation is 1. The van der Waals surface area contributed by atoms with Crippen molar-refractivity contribution in [3.63, 3.8) is 0 Å². The zero-order valence-corrected chi connectivity index (χ0v) is 13.3. The van der Waals surface area contributed by atoms with Gasteiger partial charge >= 0.3 is 5.97 Å². The van der Waals surface area contributed by atoms with Crippen LogP contribution >= 0.6 is 0 Å². The molecule has 0 unspecified atom stereocenters. The first-order valence-electron chi connectivity index (χ1n) is 7.70. The molecule has 21 heavy (non-hydrogen) atoms. The van der Waals surface area contributed by atoms with Gasteiger partial charge in [0, 0.05) is 5.41 Å². The summed E-state index contributed by atoms with van der Waals surface area (Å²) < 4.78 is 0. The van der Waals surface area contributed by atoms with Crippen molar-refractivity contribution in [1.82, 2.24) is 0 Å². The number of fused-ring (bicyclic) bond motifs is 2. The third-order valence-corrected chi connectivity index (χ3v) is 6.04. The first-order valence-corrected chi connectivity index (χ1v) is 7.70. The van der Waals surface area contributed by atoms with Gasteiger partial charge in [-0.25, -0.2) is 4.79 Å². The van der Waals surface area contributed by atoms with Gasteiger partial charge in [-0.2, -0.15) is 0 Å². The van der Waals surface area contributed by atoms with Gasteiger partial charge in [-0.1, -0.05) is 43.6 Å². The van der Waals surface area contributed by atoms with Crippen LogP contribution < -0.4 is 0 Å². The Morgan fingerprint density at radius 3 is 2.43 bits per heavy atom. The van der Waals surface area contributed by atoms with Gasteiger partial charge < -0.3 is 4.84 Å². The molecule has 3 rings (SSSR count). The van der Waals surface area contributed by atoms with E-state index in [0.717, 1.165) is 24.1 Å². The summed E-state index contributed by atoms with van der Waals surface area (Å²) in [6.07, 6.45) is 3.37. The average Bonchev–Trinajstić information content (AvgIpc) is 2.78. The van der Waals surface area contributed by atoms with Gasteiger partial charge in [0.2, 0.25) is 0 Å². The largest absolute Gasteiger partial charge is 0.365 e. The SMILES string of the molecule is Cc1ccc(C(=O)O/N=C2\C[C@H]3CC[C@@]2(C)C3(C)C)cc1. The highest BCUT2D eigenvalue weighted by Gasteiger charge is 2.60. The van der Waals surface area contributed by atoms with Crippen molar-refractivity contribution < 1.29 is 9.63 Å². The number of rotatable bonds is 2. The lowest BCUT2D eigenvalue weighted by Gasteiger charge is -2.34. The molecule has 0 heterocycles. The van der Waals surface area contributed by atoms with Crippen molar-refractivity contribution >= 4 is 11.7 Å². The molecule has 1 aromatic carbocycles. The van der Waals surface area contributed by atoms with Crippen LogP contribution in [0.3, 0.4) is 0 Å². The Kier molecular flexibility index (Phi) is 3.19. The second-order valence-corrected chi connectivity index (χ2v) is 7.28. The molecule has 2 atom stereocenters. The van der Waals surface area contributed by atoms with Crippen LogP contribution in [-0.4, -0.2) is 11.7 Å². The fourth-order valence-electron chi connectivity index (χ4n) is 3.91. The predicted molar refractivity (Wildman–Crippen MR) is 83.3 cm³/mol. The van der Waals surface area contributed by atoms with Gasteiger partial charge in [-0.15, -0.1) is 0 Å². The van der Waals surface area contributed by atoms with E-state index in [4.69, 9.17) is 4.84 Å². The fraction of sp³-hybridized carbons (Fsp3) is 0.556. The minimum atomic E-state index is -0.369. The molecule has 3 nitrogen and oxygen atoms in total. The zero-order valence-electron chi connectivity index (χ0n) is 13.3. The van der Waals surface area contributed by atoms with Crippen LogP contribution in [0.25, 0.3) is 0 Å². The molecule has 2 aliphatic carbocycles. The molecule has 2 fully saturated rings. The van der Waals surface area contributed by atoms with Gasteiger partial charge in [0.05, 0.1) is 11.3 Å². The normalized spacial score (nSPS) is 31.6. The molecule has 0 spiro atoms. The van der Waals surface area contributed by atoms with Crippen molar-refractivity contribution in [1.29, 1.82) is 0 Å². The third-order valence-electron chi connectivity index (χ3n) is 6.04. The summed E-state index contributed by atoms with van der Waals surface area (Å²) in [5.74, 6) is 0.297. The monoisotopic (exact) mass is 285 g/mol.